The number of piperazine rings is 1. The Hall–Kier alpha value is -2.93. The number of aromatic nitrogens is 1. The molecule has 0 bridgehead atoms. The Morgan fingerprint density at radius 1 is 1.10 bits per heavy atom. The lowest BCUT2D eigenvalue weighted by molar-refractivity contribution is -0.117. The molecule has 1 N–H and O–H groups in total. The SMILES string of the molecule is Cc1cnc(N2CCN(C(=O)c3ccc(N4C(=O)CCC4CO)cc3C)CC2)c(C)c1. The number of hydrogen-bond donors (Lipinski definition) is 1. The highest BCUT2D eigenvalue weighted by atomic mass is 16.3. The third-order valence-corrected chi connectivity index (χ3v) is 6.31. The van der Waals surface area contributed by atoms with Crippen LogP contribution in [0.25, 0.3) is 0 Å². The number of aryl methyl sites for hydroxylation is 3. The van der Waals surface area contributed by atoms with Crippen LogP contribution in [0.15, 0.2) is 30.5 Å². The van der Waals surface area contributed by atoms with Crippen LogP contribution in [0.2, 0.25) is 0 Å². The molecule has 164 valence electrons. The van der Waals surface area contributed by atoms with Gasteiger partial charge in [-0.1, -0.05) is 6.07 Å². The van der Waals surface area contributed by atoms with Crippen molar-refractivity contribution in [3.8, 4) is 0 Å². The number of amides is 2. The van der Waals surface area contributed by atoms with Gasteiger partial charge in [-0.15, -0.1) is 0 Å². The normalized spacial score (nSPS) is 19.3. The zero-order valence-electron chi connectivity index (χ0n) is 18.5. The van der Waals surface area contributed by atoms with Gasteiger partial charge in [-0.05, 0) is 62.1 Å². The van der Waals surface area contributed by atoms with Crippen molar-refractivity contribution in [2.75, 3.05) is 42.6 Å². The zero-order chi connectivity index (χ0) is 22.1. The smallest absolute Gasteiger partial charge is 0.254 e. The quantitative estimate of drug-likeness (QED) is 0.819. The van der Waals surface area contributed by atoms with Crippen LogP contribution < -0.4 is 9.80 Å². The van der Waals surface area contributed by atoms with E-state index >= 15 is 0 Å². The van der Waals surface area contributed by atoms with Crippen LogP contribution in [0.5, 0.6) is 0 Å². The molecule has 1 unspecified atom stereocenters. The standard InChI is InChI=1S/C24H30N4O3/c1-16-12-18(3)23(25-14-16)26-8-10-27(11-9-26)24(31)21-6-4-19(13-17(21)2)28-20(15-29)5-7-22(28)30/h4,6,12-14,20,29H,5,7-11,15H2,1-3H3. The van der Waals surface area contributed by atoms with E-state index in [4.69, 9.17) is 0 Å². The van der Waals surface area contributed by atoms with Gasteiger partial charge in [0.15, 0.2) is 0 Å². The molecule has 2 aliphatic rings. The first kappa shape index (κ1) is 21.3. The topological polar surface area (TPSA) is 77.0 Å². The van der Waals surface area contributed by atoms with E-state index in [0.29, 0.717) is 31.5 Å². The van der Waals surface area contributed by atoms with Gasteiger partial charge in [-0.25, -0.2) is 4.98 Å². The van der Waals surface area contributed by atoms with Crippen LogP contribution >= 0.6 is 0 Å². The molecule has 2 saturated heterocycles. The van der Waals surface area contributed by atoms with Gasteiger partial charge in [0.1, 0.15) is 5.82 Å². The Morgan fingerprint density at radius 3 is 2.48 bits per heavy atom. The molecule has 3 heterocycles. The Balaban J connectivity index is 1.45. The first-order valence-corrected chi connectivity index (χ1v) is 10.9. The number of rotatable bonds is 4. The summed E-state index contributed by atoms with van der Waals surface area (Å²) in [5, 5.41) is 9.57. The van der Waals surface area contributed by atoms with Gasteiger partial charge in [-0.2, -0.15) is 0 Å². The lowest BCUT2D eigenvalue weighted by Crippen LogP contribution is -2.49. The minimum Gasteiger partial charge on any atom is -0.394 e. The zero-order valence-corrected chi connectivity index (χ0v) is 18.5. The van der Waals surface area contributed by atoms with Crippen molar-refractivity contribution < 1.29 is 14.7 Å². The van der Waals surface area contributed by atoms with E-state index in [-0.39, 0.29) is 24.5 Å². The maximum absolute atomic E-state index is 13.2. The van der Waals surface area contributed by atoms with E-state index in [1.807, 2.05) is 43.1 Å². The number of pyridine rings is 1. The maximum atomic E-state index is 13.2. The second-order valence-electron chi connectivity index (χ2n) is 8.57. The molecule has 31 heavy (non-hydrogen) atoms. The molecule has 1 aromatic heterocycles. The highest BCUT2D eigenvalue weighted by Gasteiger charge is 2.32. The van der Waals surface area contributed by atoms with E-state index in [9.17, 15) is 14.7 Å². The molecule has 0 saturated carbocycles. The Morgan fingerprint density at radius 2 is 1.84 bits per heavy atom. The fourth-order valence-corrected chi connectivity index (χ4v) is 4.64. The Bertz CT molecular complexity index is 998. The third-order valence-electron chi connectivity index (χ3n) is 6.31. The number of benzene rings is 1. The van der Waals surface area contributed by atoms with Crippen molar-refractivity contribution in [3.05, 3.63) is 52.7 Å². The fraction of sp³-hybridized carbons (Fsp3) is 0.458. The molecule has 1 aromatic carbocycles. The summed E-state index contributed by atoms with van der Waals surface area (Å²) in [4.78, 5) is 35.8. The van der Waals surface area contributed by atoms with Crippen LogP contribution in [-0.2, 0) is 4.79 Å². The lowest BCUT2D eigenvalue weighted by Gasteiger charge is -2.36. The van der Waals surface area contributed by atoms with E-state index in [1.54, 1.807) is 4.90 Å². The molecule has 2 amide bonds. The summed E-state index contributed by atoms with van der Waals surface area (Å²) >= 11 is 0. The fourth-order valence-electron chi connectivity index (χ4n) is 4.64. The number of nitrogens with zero attached hydrogens (tertiary/aromatic N) is 4. The number of hydrogen-bond acceptors (Lipinski definition) is 5. The molecular weight excluding hydrogens is 392 g/mol. The predicted molar refractivity (Wildman–Crippen MR) is 121 cm³/mol. The number of anilines is 2. The van der Waals surface area contributed by atoms with Gasteiger partial charge in [0, 0.05) is 50.0 Å². The van der Waals surface area contributed by atoms with Gasteiger partial charge >= 0.3 is 0 Å². The maximum Gasteiger partial charge on any atom is 0.254 e. The van der Waals surface area contributed by atoms with Crippen molar-refractivity contribution in [3.63, 3.8) is 0 Å². The van der Waals surface area contributed by atoms with Crippen molar-refractivity contribution in [1.29, 1.82) is 0 Å². The summed E-state index contributed by atoms with van der Waals surface area (Å²) in [7, 11) is 0. The van der Waals surface area contributed by atoms with Crippen LogP contribution in [0.1, 0.15) is 39.9 Å². The molecule has 7 heteroatoms. The van der Waals surface area contributed by atoms with Crippen molar-refractivity contribution in [2.45, 2.75) is 39.7 Å². The van der Waals surface area contributed by atoms with Crippen molar-refractivity contribution >= 4 is 23.3 Å². The number of carbonyl (C=O) groups is 2. The van der Waals surface area contributed by atoms with Crippen molar-refractivity contribution in [2.24, 2.45) is 0 Å². The Labute approximate surface area is 183 Å². The van der Waals surface area contributed by atoms with E-state index < -0.39 is 0 Å². The van der Waals surface area contributed by atoms with Gasteiger partial charge in [0.05, 0.1) is 12.6 Å². The third kappa shape index (κ3) is 4.14. The van der Waals surface area contributed by atoms with Crippen LogP contribution in [0, 0.1) is 20.8 Å². The molecule has 0 aliphatic carbocycles. The summed E-state index contributed by atoms with van der Waals surface area (Å²) in [6, 6.07) is 7.47. The molecule has 0 spiro atoms. The molecule has 2 aromatic rings. The van der Waals surface area contributed by atoms with E-state index in [0.717, 1.165) is 41.3 Å². The largest absolute Gasteiger partial charge is 0.394 e. The molecular formula is C24H30N4O3. The van der Waals surface area contributed by atoms with Gasteiger partial charge in [-0.3, -0.25) is 9.59 Å². The summed E-state index contributed by atoms with van der Waals surface area (Å²) < 4.78 is 0. The van der Waals surface area contributed by atoms with E-state index in [2.05, 4.69) is 22.9 Å². The van der Waals surface area contributed by atoms with Gasteiger partial charge < -0.3 is 19.8 Å². The first-order chi connectivity index (χ1) is 14.9. The predicted octanol–water partition coefficient (Wildman–Crippen LogP) is 2.46. The molecule has 2 aliphatic heterocycles. The highest BCUT2D eigenvalue weighted by molar-refractivity contribution is 5.99. The van der Waals surface area contributed by atoms with Gasteiger partial charge in [0.25, 0.3) is 5.91 Å². The highest BCUT2D eigenvalue weighted by Crippen LogP contribution is 2.29. The lowest BCUT2D eigenvalue weighted by atomic mass is 10.0. The van der Waals surface area contributed by atoms with Crippen LogP contribution in [0.3, 0.4) is 0 Å². The second-order valence-corrected chi connectivity index (χ2v) is 8.57. The summed E-state index contributed by atoms with van der Waals surface area (Å²) in [5.41, 5.74) is 4.56. The minimum absolute atomic E-state index is 0.0174. The second kappa shape index (κ2) is 8.67. The number of aliphatic hydroxyl groups excluding tert-OH is 1. The van der Waals surface area contributed by atoms with E-state index in [1.165, 1.54) is 0 Å². The van der Waals surface area contributed by atoms with Crippen molar-refractivity contribution in [1.82, 2.24) is 9.88 Å². The first-order valence-electron chi connectivity index (χ1n) is 10.9. The molecule has 4 rings (SSSR count). The average molecular weight is 423 g/mol. The van der Waals surface area contributed by atoms with Crippen LogP contribution in [-0.4, -0.2) is 65.6 Å². The minimum atomic E-state index is -0.180. The molecule has 0 radical (unpaired) electrons. The van der Waals surface area contributed by atoms with Gasteiger partial charge in [0.2, 0.25) is 5.91 Å². The number of carbonyl (C=O) groups excluding carboxylic acids is 2. The average Bonchev–Trinajstić information content (AvgIpc) is 3.14. The summed E-state index contributed by atoms with van der Waals surface area (Å²) in [6.07, 6.45) is 3.00. The molecule has 1 atom stereocenters. The number of aliphatic hydroxyl groups is 1. The molecule has 2 fully saturated rings. The summed E-state index contributed by atoms with van der Waals surface area (Å²) in [6.45, 7) is 8.76. The summed E-state index contributed by atoms with van der Waals surface area (Å²) in [5.74, 6) is 1.03. The Kier molecular flexibility index (Phi) is 5.96. The van der Waals surface area contributed by atoms with Crippen LogP contribution in [0.4, 0.5) is 11.5 Å². The molecule has 7 nitrogen and oxygen atoms in total. The monoisotopic (exact) mass is 422 g/mol.